The van der Waals surface area contributed by atoms with E-state index in [4.69, 9.17) is 0 Å². The van der Waals surface area contributed by atoms with Crippen molar-refractivity contribution >= 4 is 0 Å². The standard InChI is InChI=1S/2C7H7.2C5H5.Zr/c2*1-7-5-3-2-4-6-7;2*1-2-4-5-3-1;/h2*2-5H,1H3;2*1-5H;/q4*-1;+4. The van der Waals surface area contributed by atoms with Gasteiger partial charge in [0.25, 0.3) is 0 Å². The first kappa shape index (κ1) is 23.0. The zero-order valence-electron chi connectivity index (χ0n) is 14.9. The van der Waals surface area contributed by atoms with E-state index in [-0.39, 0.29) is 26.2 Å². The van der Waals surface area contributed by atoms with E-state index in [1.54, 1.807) is 0 Å². The fourth-order valence-corrected chi connectivity index (χ4v) is 1.61. The Labute approximate surface area is 172 Å². The Hall–Kier alpha value is -1.98. The van der Waals surface area contributed by atoms with Gasteiger partial charge < -0.3 is 0 Å². The second-order valence-corrected chi connectivity index (χ2v) is 5.02. The van der Waals surface area contributed by atoms with Crippen LogP contribution < -0.4 is 0 Å². The average Bonchev–Trinajstić information content (AvgIpc) is 3.36. The van der Waals surface area contributed by atoms with Crippen molar-refractivity contribution < 1.29 is 26.2 Å². The molecule has 0 unspecified atom stereocenters. The van der Waals surface area contributed by atoms with E-state index < -0.39 is 0 Å². The average molecular weight is 404 g/mol. The Bertz CT molecular complexity index is 567. The van der Waals surface area contributed by atoms with Gasteiger partial charge in [-0.1, -0.05) is 13.8 Å². The molecule has 0 atom stereocenters. The van der Waals surface area contributed by atoms with Gasteiger partial charge in [-0.15, -0.1) is 0 Å². The first-order valence-electron chi connectivity index (χ1n) is 7.99. The molecule has 4 aromatic carbocycles. The molecule has 0 fully saturated rings. The van der Waals surface area contributed by atoms with Crippen molar-refractivity contribution in [2.24, 2.45) is 0 Å². The van der Waals surface area contributed by atoms with E-state index >= 15 is 0 Å². The van der Waals surface area contributed by atoms with E-state index in [1.165, 1.54) is 11.1 Å². The maximum absolute atomic E-state index is 3.03. The number of rotatable bonds is 0. The van der Waals surface area contributed by atoms with Gasteiger partial charge in [-0.3, -0.25) is 0 Å². The molecule has 0 saturated heterocycles. The van der Waals surface area contributed by atoms with Gasteiger partial charge in [-0.05, 0) is 0 Å². The quantitative estimate of drug-likeness (QED) is 0.298. The summed E-state index contributed by atoms with van der Waals surface area (Å²) in [7, 11) is 0. The van der Waals surface area contributed by atoms with E-state index in [0.717, 1.165) is 0 Å². The van der Waals surface area contributed by atoms with Crippen LogP contribution in [0.3, 0.4) is 0 Å². The second kappa shape index (κ2) is 16.9. The minimum atomic E-state index is 0. The Kier molecular flexibility index (Phi) is 15.5. The third-order valence-electron chi connectivity index (χ3n) is 2.84. The van der Waals surface area contributed by atoms with Crippen molar-refractivity contribution in [3.8, 4) is 0 Å². The number of hydrogen-bond acceptors (Lipinski definition) is 0. The molecular formula is C24H24Zr. The normalized spacial score (nSPS) is 8.08. The molecule has 0 radical (unpaired) electrons. The van der Waals surface area contributed by atoms with Gasteiger partial charge in [0, 0.05) is 0 Å². The summed E-state index contributed by atoms with van der Waals surface area (Å²) in [5, 5.41) is 0. The maximum Gasteiger partial charge on any atom is 4.00 e. The van der Waals surface area contributed by atoms with Gasteiger partial charge >= 0.3 is 26.2 Å². The van der Waals surface area contributed by atoms with E-state index in [0.29, 0.717) is 0 Å². The summed E-state index contributed by atoms with van der Waals surface area (Å²) in [5.74, 6) is 0. The van der Waals surface area contributed by atoms with Crippen LogP contribution in [0.5, 0.6) is 0 Å². The monoisotopic (exact) mass is 402 g/mol. The van der Waals surface area contributed by atoms with E-state index in [1.807, 2.05) is 123 Å². The Morgan fingerprint density at radius 1 is 0.560 bits per heavy atom. The summed E-state index contributed by atoms with van der Waals surface area (Å²) < 4.78 is 0. The maximum atomic E-state index is 3.03. The van der Waals surface area contributed by atoms with E-state index in [9.17, 15) is 0 Å². The van der Waals surface area contributed by atoms with Crippen molar-refractivity contribution in [3.63, 3.8) is 0 Å². The summed E-state index contributed by atoms with van der Waals surface area (Å²) in [6.45, 7) is 4.06. The molecule has 4 rings (SSSR count). The predicted octanol–water partition coefficient (Wildman–Crippen LogP) is 6.40. The molecule has 0 aliphatic heterocycles. The molecule has 124 valence electrons. The van der Waals surface area contributed by atoms with Crippen molar-refractivity contribution in [1.82, 2.24) is 0 Å². The van der Waals surface area contributed by atoms with Crippen LogP contribution in [0.4, 0.5) is 0 Å². The van der Waals surface area contributed by atoms with Crippen LogP contribution in [0, 0.1) is 26.0 Å². The smallest absolute Gasteiger partial charge is 0.214 e. The molecule has 0 aliphatic rings. The molecule has 0 amide bonds. The summed E-state index contributed by atoms with van der Waals surface area (Å²) in [5.41, 5.74) is 2.39. The molecular weight excluding hydrogens is 379 g/mol. The van der Waals surface area contributed by atoms with Crippen molar-refractivity contribution in [2.75, 3.05) is 0 Å². The van der Waals surface area contributed by atoms with E-state index in [2.05, 4.69) is 12.1 Å². The van der Waals surface area contributed by atoms with Gasteiger partial charge in [-0.2, -0.15) is 108 Å². The number of benzene rings is 2. The summed E-state index contributed by atoms with van der Waals surface area (Å²) in [4.78, 5) is 0. The molecule has 0 bridgehead atoms. The first-order valence-corrected chi connectivity index (χ1v) is 7.99. The second-order valence-electron chi connectivity index (χ2n) is 5.02. The summed E-state index contributed by atoms with van der Waals surface area (Å²) >= 11 is 0. The molecule has 0 aromatic heterocycles. The van der Waals surface area contributed by atoms with Gasteiger partial charge in [0.2, 0.25) is 0 Å². The third kappa shape index (κ3) is 15.3. The number of aryl methyl sites for hydroxylation is 2. The molecule has 0 spiro atoms. The van der Waals surface area contributed by atoms with Crippen molar-refractivity contribution in [2.45, 2.75) is 13.8 Å². The summed E-state index contributed by atoms with van der Waals surface area (Å²) in [6.07, 6.45) is 0. The topological polar surface area (TPSA) is 0 Å². The van der Waals surface area contributed by atoms with Crippen molar-refractivity contribution in [3.05, 3.63) is 132 Å². The van der Waals surface area contributed by atoms with Gasteiger partial charge in [-0.25, -0.2) is 24.3 Å². The fraction of sp³-hybridized carbons (Fsp3) is 0.0833. The van der Waals surface area contributed by atoms with Crippen molar-refractivity contribution in [1.29, 1.82) is 0 Å². The molecule has 1 heteroatoms. The van der Waals surface area contributed by atoms with Gasteiger partial charge in [0.05, 0.1) is 0 Å². The molecule has 0 heterocycles. The third-order valence-corrected chi connectivity index (χ3v) is 2.84. The zero-order chi connectivity index (χ0) is 17.3. The Morgan fingerprint density at radius 2 is 0.920 bits per heavy atom. The van der Waals surface area contributed by atoms with Crippen LogP contribution in [0.2, 0.25) is 0 Å². The van der Waals surface area contributed by atoms with Crippen LogP contribution in [0.15, 0.2) is 109 Å². The minimum Gasteiger partial charge on any atom is -0.214 e. The molecule has 0 N–H and O–H groups in total. The number of hydrogen-bond donors (Lipinski definition) is 0. The van der Waals surface area contributed by atoms with Crippen LogP contribution in [-0.2, 0) is 26.2 Å². The molecule has 25 heavy (non-hydrogen) atoms. The zero-order valence-corrected chi connectivity index (χ0v) is 17.4. The van der Waals surface area contributed by atoms with Crippen LogP contribution in [0.1, 0.15) is 11.1 Å². The summed E-state index contributed by atoms with van der Waals surface area (Å²) in [6, 6.07) is 41.9. The molecule has 4 aromatic rings. The Morgan fingerprint density at radius 3 is 1.04 bits per heavy atom. The molecule has 0 saturated carbocycles. The minimum absolute atomic E-state index is 0. The largest absolute Gasteiger partial charge is 4.00 e. The van der Waals surface area contributed by atoms with Gasteiger partial charge in [0.1, 0.15) is 0 Å². The molecule has 0 nitrogen and oxygen atoms in total. The fourth-order valence-electron chi connectivity index (χ4n) is 1.61. The van der Waals surface area contributed by atoms with Gasteiger partial charge in [0.15, 0.2) is 0 Å². The first-order chi connectivity index (χ1) is 11.8. The van der Waals surface area contributed by atoms with Crippen LogP contribution in [0.25, 0.3) is 0 Å². The Balaban J connectivity index is 0.000000307. The molecule has 0 aliphatic carbocycles. The SMILES string of the molecule is Cc1[c-]cccc1.Cc1[c-]cccc1.[Zr+4].c1cc[cH-]c1.c1cc[cH-]c1. The predicted molar refractivity (Wildman–Crippen MR) is 104 cm³/mol. The van der Waals surface area contributed by atoms with Crippen LogP contribution in [-0.4, -0.2) is 0 Å². The van der Waals surface area contributed by atoms with Crippen LogP contribution >= 0.6 is 0 Å².